The van der Waals surface area contributed by atoms with Crippen molar-refractivity contribution in [3.05, 3.63) is 15.6 Å². The van der Waals surface area contributed by atoms with Crippen LogP contribution >= 0.6 is 11.3 Å². The summed E-state index contributed by atoms with van der Waals surface area (Å²) in [5.41, 5.74) is 1.52. The Hall–Kier alpha value is -0.450. The van der Waals surface area contributed by atoms with E-state index in [1.54, 1.807) is 4.88 Å². The first-order valence-corrected chi connectivity index (χ1v) is 8.97. The first-order valence-electron chi connectivity index (χ1n) is 8.15. The quantitative estimate of drug-likeness (QED) is 0.928. The number of aromatic nitrogens is 1. The van der Waals surface area contributed by atoms with Gasteiger partial charge in [-0.3, -0.25) is 4.90 Å². The highest BCUT2D eigenvalue weighted by Gasteiger charge is 2.49. The lowest BCUT2D eigenvalue weighted by molar-refractivity contribution is 0.243. The number of hydrogen-bond acceptors (Lipinski definition) is 4. The highest BCUT2D eigenvalue weighted by molar-refractivity contribution is 7.11. The summed E-state index contributed by atoms with van der Waals surface area (Å²) in [5.74, 6) is 0. The van der Waals surface area contributed by atoms with E-state index in [0.29, 0.717) is 6.04 Å². The smallest absolute Gasteiger partial charge is 0.115 e. The van der Waals surface area contributed by atoms with Gasteiger partial charge in [0.25, 0.3) is 0 Å². The Morgan fingerprint density at radius 1 is 1.30 bits per heavy atom. The summed E-state index contributed by atoms with van der Waals surface area (Å²) >= 11 is 1.99. The second kappa shape index (κ2) is 4.79. The average molecular weight is 291 g/mol. The topological polar surface area (TPSA) is 28.2 Å². The molecule has 3 aliphatic rings. The SMILES string of the molecule is CNC1(c2nc3c(s2)CCCC3)CC(C)N(C2CC2)C1. The van der Waals surface area contributed by atoms with E-state index in [2.05, 4.69) is 24.2 Å². The molecule has 1 saturated carbocycles. The van der Waals surface area contributed by atoms with Crippen LogP contribution in [0.5, 0.6) is 0 Å². The van der Waals surface area contributed by atoms with E-state index in [1.165, 1.54) is 55.6 Å². The Balaban J connectivity index is 1.65. The van der Waals surface area contributed by atoms with Crippen molar-refractivity contribution in [2.45, 2.75) is 69.5 Å². The van der Waals surface area contributed by atoms with Crippen LogP contribution < -0.4 is 5.32 Å². The zero-order valence-electron chi connectivity index (χ0n) is 12.6. The number of aryl methyl sites for hydroxylation is 2. The molecule has 0 amide bonds. The molecule has 0 radical (unpaired) electrons. The van der Waals surface area contributed by atoms with E-state index in [4.69, 9.17) is 4.98 Å². The Morgan fingerprint density at radius 2 is 2.10 bits per heavy atom. The fourth-order valence-corrected chi connectivity index (χ4v) is 5.39. The van der Waals surface area contributed by atoms with Gasteiger partial charge >= 0.3 is 0 Å². The molecule has 1 N–H and O–H groups in total. The Labute approximate surface area is 125 Å². The third-order valence-corrected chi connectivity index (χ3v) is 6.77. The molecule has 2 atom stereocenters. The van der Waals surface area contributed by atoms with Crippen molar-refractivity contribution >= 4 is 11.3 Å². The number of thiazole rings is 1. The van der Waals surface area contributed by atoms with Crippen LogP contribution in [0.15, 0.2) is 0 Å². The van der Waals surface area contributed by atoms with E-state index >= 15 is 0 Å². The van der Waals surface area contributed by atoms with Gasteiger partial charge in [0.05, 0.1) is 11.2 Å². The monoisotopic (exact) mass is 291 g/mol. The summed E-state index contributed by atoms with van der Waals surface area (Å²) in [6.45, 7) is 3.55. The number of hydrogen-bond donors (Lipinski definition) is 1. The zero-order chi connectivity index (χ0) is 13.7. The van der Waals surface area contributed by atoms with Gasteiger partial charge in [0.15, 0.2) is 0 Å². The van der Waals surface area contributed by atoms with Crippen LogP contribution in [0.1, 0.15) is 54.6 Å². The molecule has 4 heteroatoms. The normalized spacial score (nSPS) is 34.4. The molecule has 110 valence electrons. The van der Waals surface area contributed by atoms with Crippen molar-refractivity contribution in [2.75, 3.05) is 13.6 Å². The van der Waals surface area contributed by atoms with Crippen LogP contribution in [-0.4, -0.2) is 35.6 Å². The molecule has 1 saturated heterocycles. The minimum Gasteiger partial charge on any atom is -0.307 e. The highest BCUT2D eigenvalue weighted by atomic mass is 32.1. The molecule has 2 unspecified atom stereocenters. The van der Waals surface area contributed by atoms with Crippen LogP contribution in [0.25, 0.3) is 0 Å². The van der Waals surface area contributed by atoms with Crippen molar-refractivity contribution in [1.82, 2.24) is 15.2 Å². The lowest BCUT2D eigenvalue weighted by Gasteiger charge is -2.27. The summed E-state index contributed by atoms with van der Waals surface area (Å²) in [7, 11) is 2.13. The van der Waals surface area contributed by atoms with Crippen LogP contribution in [-0.2, 0) is 18.4 Å². The summed E-state index contributed by atoms with van der Waals surface area (Å²) < 4.78 is 0. The number of likely N-dealkylation sites (N-methyl/N-ethyl adjacent to an activating group) is 1. The molecule has 0 spiro atoms. The third-order valence-electron chi connectivity index (χ3n) is 5.41. The Kier molecular flexibility index (Phi) is 3.17. The lowest BCUT2D eigenvalue weighted by atomic mass is 9.97. The molecule has 2 heterocycles. The second-order valence-electron chi connectivity index (χ2n) is 6.88. The number of likely N-dealkylation sites (tertiary alicyclic amines) is 1. The molecule has 2 aliphatic carbocycles. The Bertz CT molecular complexity index is 484. The number of nitrogens with one attached hydrogen (secondary N) is 1. The summed E-state index contributed by atoms with van der Waals surface area (Å²) in [5, 5.41) is 5.02. The van der Waals surface area contributed by atoms with Gasteiger partial charge in [-0.2, -0.15) is 0 Å². The number of rotatable bonds is 3. The van der Waals surface area contributed by atoms with Crippen LogP contribution in [0.2, 0.25) is 0 Å². The molecule has 1 aromatic heterocycles. The standard InChI is InChI=1S/C16H25N3S/c1-11-9-16(17-2,10-19(11)12-7-8-12)15-18-13-5-3-4-6-14(13)20-15/h11-12,17H,3-10H2,1-2H3. The van der Waals surface area contributed by atoms with Gasteiger partial charge in [-0.1, -0.05) is 0 Å². The van der Waals surface area contributed by atoms with Gasteiger partial charge in [-0.25, -0.2) is 4.98 Å². The van der Waals surface area contributed by atoms with E-state index in [0.717, 1.165) is 12.6 Å². The highest BCUT2D eigenvalue weighted by Crippen LogP contribution is 2.43. The fraction of sp³-hybridized carbons (Fsp3) is 0.812. The van der Waals surface area contributed by atoms with Gasteiger partial charge in [0.1, 0.15) is 5.01 Å². The first kappa shape index (κ1) is 13.2. The minimum absolute atomic E-state index is 0.115. The maximum atomic E-state index is 5.05. The third kappa shape index (κ3) is 2.04. The molecule has 0 bridgehead atoms. The molecule has 2 fully saturated rings. The van der Waals surface area contributed by atoms with E-state index < -0.39 is 0 Å². The van der Waals surface area contributed by atoms with Crippen molar-refractivity contribution in [3.8, 4) is 0 Å². The van der Waals surface area contributed by atoms with Crippen molar-refractivity contribution in [3.63, 3.8) is 0 Å². The number of nitrogens with zero attached hydrogens (tertiary/aromatic N) is 2. The van der Waals surface area contributed by atoms with E-state index in [-0.39, 0.29) is 5.54 Å². The Morgan fingerprint density at radius 3 is 2.80 bits per heavy atom. The molecule has 1 aliphatic heterocycles. The summed E-state index contributed by atoms with van der Waals surface area (Å²) in [4.78, 5) is 9.34. The zero-order valence-corrected chi connectivity index (χ0v) is 13.4. The first-order chi connectivity index (χ1) is 9.72. The van der Waals surface area contributed by atoms with Crippen molar-refractivity contribution < 1.29 is 0 Å². The minimum atomic E-state index is 0.115. The predicted octanol–water partition coefficient (Wildman–Crippen LogP) is 2.69. The molecule has 3 nitrogen and oxygen atoms in total. The lowest BCUT2D eigenvalue weighted by Crippen LogP contribution is -2.43. The maximum absolute atomic E-state index is 5.05. The van der Waals surface area contributed by atoms with E-state index in [1.807, 2.05) is 11.3 Å². The van der Waals surface area contributed by atoms with Gasteiger partial charge in [0.2, 0.25) is 0 Å². The summed E-state index contributed by atoms with van der Waals surface area (Å²) in [6, 6.07) is 1.55. The van der Waals surface area contributed by atoms with Crippen LogP contribution in [0.4, 0.5) is 0 Å². The second-order valence-corrected chi connectivity index (χ2v) is 7.97. The van der Waals surface area contributed by atoms with Gasteiger partial charge in [-0.05, 0) is 58.9 Å². The summed E-state index contributed by atoms with van der Waals surface area (Å²) in [6.07, 6.45) is 9.16. The molecular formula is C16H25N3S. The van der Waals surface area contributed by atoms with E-state index in [9.17, 15) is 0 Å². The fourth-order valence-electron chi connectivity index (χ4n) is 4.05. The van der Waals surface area contributed by atoms with Crippen LogP contribution in [0, 0.1) is 0 Å². The van der Waals surface area contributed by atoms with Crippen LogP contribution in [0.3, 0.4) is 0 Å². The molecule has 4 rings (SSSR count). The average Bonchev–Trinajstić information content (AvgIpc) is 3.11. The number of fused-ring (bicyclic) bond motifs is 1. The maximum Gasteiger partial charge on any atom is 0.115 e. The van der Waals surface area contributed by atoms with Gasteiger partial charge in [-0.15, -0.1) is 11.3 Å². The predicted molar refractivity (Wildman–Crippen MR) is 83.3 cm³/mol. The largest absolute Gasteiger partial charge is 0.307 e. The molecule has 1 aromatic rings. The van der Waals surface area contributed by atoms with Gasteiger partial charge in [0, 0.05) is 23.5 Å². The molecule has 20 heavy (non-hydrogen) atoms. The van der Waals surface area contributed by atoms with Crippen molar-refractivity contribution in [1.29, 1.82) is 0 Å². The van der Waals surface area contributed by atoms with Gasteiger partial charge < -0.3 is 5.32 Å². The van der Waals surface area contributed by atoms with Crippen molar-refractivity contribution in [2.24, 2.45) is 0 Å². The molecular weight excluding hydrogens is 266 g/mol. The molecule has 0 aromatic carbocycles.